The zero-order valence-corrected chi connectivity index (χ0v) is 26.3. The summed E-state index contributed by atoms with van der Waals surface area (Å²) in [4.78, 5) is 57.4. The molecule has 3 heterocycles. The molecule has 0 radical (unpaired) electrons. The molecule has 5 amide bonds. The Kier molecular flexibility index (Phi) is 7.46. The van der Waals surface area contributed by atoms with E-state index in [0.29, 0.717) is 38.0 Å². The lowest BCUT2D eigenvalue weighted by Crippen LogP contribution is -2.62. The van der Waals surface area contributed by atoms with Crippen LogP contribution in [0.15, 0.2) is 0 Å². The smallest absolute Gasteiger partial charge is 0.319 e. The number of likely N-dealkylation sites (tertiary alicyclic amines) is 1. The van der Waals surface area contributed by atoms with Gasteiger partial charge < -0.3 is 30.5 Å². The van der Waals surface area contributed by atoms with Gasteiger partial charge in [0, 0.05) is 30.5 Å². The van der Waals surface area contributed by atoms with Crippen molar-refractivity contribution in [1.29, 1.82) is 5.26 Å². The lowest BCUT2D eigenvalue weighted by Gasteiger charge is -2.42. The molecule has 11 nitrogen and oxygen atoms in total. The molecule has 6 fully saturated rings. The quantitative estimate of drug-likeness (QED) is 0.412. The average Bonchev–Trinajstić information content (AvgIpc) is 3.63. The average molecular weight is 597 g/mol. The van der Waals surface area contributed by atoms with E-state index in [1.54, 1.807) is 9.80 Å². The predicted octanol–water partition coefficient (Wildman–Crippen LogP) is 2.37. The number of carbonyl (C=O) groups is 4. The minimum Gasteiger partial charge on any atom is -0.361 e. The molecule has 3 aliphatic carbocycles. The van der Waals surface area contributed by atoms with Crippen molar-refractivity contribution in [3.8, 4) is 6.07 Å². The number of fused-ring (bicyclic) bond motifs is 1. The van der Waals surface area contributed by atoms with Gasteiger partial charge in [-0.05, 0) is 54.3 Å². The standard InChI is InChI=1S/C32H48N6O5/c1-30(2,3)25(35-29(42)37-14-20(16-43-17-37)18-7-6-8-18)28(41)38-15-22-23(31(22,4)5)24(38)27(40)34-21(13-33)11-19-12-32(9-10-32)36-26(19)39/h18-25H,6-12,14-17H2,1-5H3,(H,34,40)(H,35,42)(H,36,39)/t19-,20?,21+,22+,23+,24+,25-/m1/s1. The molecule has 0 aromatic heterocycles. The van der Waals surface area contributed by atoms with Gasteiger partial charge in [-0.25, -0.2) is 4.79 Å². The van der Waals surface area contributed by atoms with Crippen LogP contribution < -0.4 is 16.0 Å². The Balaban J connectivity index is 1.14. The SMILES string of the molecule is CC(C)(C)[C@H](NC(=O)N1COCC(C2CCC2)C1)C(=O)N1C[C@H]2[C@@H]([C@H]1C(=O)N[C@H](C#N)C[C@@H]1CC3(CC3)NC1=O)C2(C)C. The first-order valence-corrected chi connectivity index (χ1v) is 16.2. The molecule has 3 aliphatic heterocycles. The Morgan fingerprint density at radius 3 is 2.44 bits per heavy atom. The zero-order chi connectivity index (χ0) is 30.9. The largest absolute Gasteiger partial charge is 0.361 e. The molecule has 11 heteroatoms. The van der Waals surface area contributed by atoms with Gasteiger partial charge >= 0.3 is 6.03 Å². The summed E-state index contributed by atoms with van der Waals surface area (Å²) in [6, 6.07) is -0.544. The van der Waals surface area contributed by atoms with E-state index in [1.165, 1.54) is 19.3 Å². The second-order valence-corrected chi connectivity index (χ2v) is 15.9. The molecular formula is C32H48N6O5. The maximum atomic E-state index is 14.2. The van der Waals surface area contributed by atoms with Crippen LogP contribution in [0.25, 0.3) is 0 Å². The molecule has 6 aliphatic rings. The second kappa shape index (κ2) is 10.6. The van der Waals surface area contributed by atoms with Crippen LogP contribution in [0, 0.1) is 51.8 Å². The van der Waals surface area contributed by atoms with Crippen LogP contribution in [0.3, 0.4) is 0 Å². The number of hydrogen-bond acceptors (Lipinski definition) is 6. The van der Waals surface area contributed by atoms with Gasteiger partial charge in [-0.3, -0.25) is 14.4 Å². The van der Waals surface area contributed by atoms with Crippen molar-refractivity contribution in [1.82, 2.24) is 25.8 Å². The van der Waals surface area contributed by atoms with E-state index < -0.39 is 23.5 Å². The Labute approximate surface area is 254 Å². The fourth-order valence-corrected chi connectivity index (χ4v) is 8.22. The summed E-state index contributed by atoms with van der Waals surface area (Å²) in [7, 11) is 0. The minimum atomic E-state index is -0.844. The van der Waals surface area contributed by atoms with Gasteiger partial charge in [-0.1, -0.05) is 53.9 Å². The minimum absolute atomic E-state index is 0.0321. The monoisotopic (exact) mass is 596 g/mol. The Morgan fingerprint density at radius 2 is 1.86 bits per heavy atom. The van der Waals surface area contributed by atoms with Gasteiger partial charge in [0.1, 0.15) is 24.9 Å². The first-order valence-electron chi connectivity index (χ1n) is 16.2. The summed E-state index contributed by atoms with van der Waals surface area (Å²) in [6.07, 6.45) is 6.45. The van der Waals surface area contributed by atoms with Gasteiger partial charge in [0.15, 0.2) is 0 Å². The summed E-state index contributed by atoms with van der Waals surface area (Å²) in [6.45, 7) is 11.9. The van der Waals surface area contributed by atoms with Crippen LogP contribution in [-0.4, -0.2) is 83.6 Å². The van der Waals surface area contributed by atoms with Crippen molar-refractivity contribution < 1.29 is 23.9 Å². The molecule has 236 valence electrons. The molecule has 3 N–H and O–H groups in total. The lowest BCUT2D eigenvalue weighted by molar-refractivity contribution is -0.144. The summed E-state index contributed by atoms with van der Waals surface area (Å²) >= 11 is 0. The number of carbonyl (C=O) groups excluding carboxylic acids is 4. The Hall–Kier alpha value is -2.87. The van der Waals surface area contributed by atoms with Crippen molar-refractivity contribution in [3.63, 3.8) is 0 Å². The van der Waals surface area contributed by atoms with E-state index in [-0.39, 0.29) is 65.6 Å². The molecule has 43 heavy (non-hydrogen) atoms. The highest BCUT2D eigenvalue weighted by atomic mass is 16.5. The van der Waals surface area contributed by atoms with Crippen LogP contribution in [0.5, 0.6) is 0 Å². The normalized spacial score (nSPS) is 33.5. The van der Waals surface area contributed by atoms with Gasteiger partial charge in [0.25, 0.3) is 0 Å². The summed E-state index contributed by atoms with van der Waals surface area (Å²) < 4.78 is 5.77. The third kappa shape index (κ3) is 5.60. The molecule has 7 atom stereocenters. The molecule has 3 saturated carbocycles. The maximum Gasteiger partial charge on any atom is 0.319 e. The lowest BCUT2D eigenvalue weighted by atomic mass is 9.75. The van der Waals surface area contributed by atoms with Gasteiger partial charge in [0.05, 0.1) is 12.7 Å². The Morgan fingerprint density at radius 1 is 1.14 bits per heavy atom. The topological polar surface area (TPSA) is 144 Å². The van der Waals surface area contributed by atoms with E-state index >= 15 is 0 Å². The van der Waals surface area contributed by atoms with Crippen molar-refractivity contribution in [2.24, 2.45) is 40.4 Å². The van der Waals surface area contributed by atoms with E-state index in [1.807, 2.05) is 20.8 Å². The molecule has 1 unspecified atom stereocenters. The Bertz CT molecular complexity index is 1210. The first-order chi connectivity index (χ1) is 20.2. The van der Waals surface area contributed by atoms with Crippen LogP contribution in [0.4, 0.5) is 4.79 Å². The number of nitriles is 1. The number of nitrogens with zero attached hydrogens (tertiary/aromatic N) is 3. The molecular weight excluding hydrogens is 548 g/mol. The predicted molar refractivity (Wildman–Crippen MR) is 157 cm³/mol. The molecule has 0 aromatic rings. The number of rotatable bonds is 7. The molecule has 6 rings (SSSR count). The van der Waals surface area contributed by atoms with Crippen molar-refractivity contribution in [3.05, 3.63) is 0 Å². The summed E-state index contributed by atoms with van der Waals surface area (Å²) in [5.41, 5.74) is -0.812. The number of nitrogens with one attached hydrogen (secondary N) is 3. The van der Waals surface area contributed by atoms with Crippen molar-refractivity contribution >= 4 is 23.8 Å². The van der Waals surface area contributed by atoms with Crippen LogP contribution in [0.2, 0.25) is 0 Å². The van der Waals surface area contributed by atoms with Crippen molar-refractivity contribution in [2.75, 3.05) is 26.4 Å². The second-order valence-electron chi connectivity index (χ2n) is 15.9. The molecule has 3 saturated heterocycles. The van der Waals surface area contributed by atoms with Crippen LogP contribution in [0.1, 0.15) is 79.6 Å². The van der Waals surface area contributed by atoms with Crippen LogP contribution >= 0.6 is 0 Å². The van der Waals surface area contributed by atoms with E-state index in [2.05, 4.69) is 35.9 Å². The van der Waals surface area contributed by atoms with E-state index in [4.69, 9.17) is 4.74 Å². The first kappa shape index (κ1) is 30.2. The molecule has 1 spiro atoms. The summed E-state index contributed by atoms with van der Waals surface area (Å²) in [5.74, 6) is 0.0486. The van der Waals surface area contributed by atoms with E-state index in [0.717, 1.165) is 12.8 Å². The third-order valence-electron chi connectivity index (χ3n) is 11.5. The fourth-order valence-electron chi connectivity index (χ4n) is 8.22. The number of piperidine rings is 1. The highest BCUT2D eigenvalue weighted by Gasteiger charge is 2.70. The number of ether oxygens (including phenoxy) is 1. The van der Waals surface area contributed by atoms with Gasteiger partial charge in [0.2, 0.25) is 17.7 Å². The number of hydrogen-bond donors (Lipinski definition) is 3. The van der Waals surface area contributed by atoms with Gasteiger partial charge in [-0.2, -0.15) is 5.26 Å². The van der Waals surface area contributed by atoms with Crippen molar-refractivity contribution in [2.45, 2.75) is 103 Å². The van der Waals surface area contributed by atoms with Gasteiger partial charge in [-0.15, -0.1) is 0 Å². The fraction of sp³-hybridized carbons (Fsp3) is 0.844. The molecule has 0 bridgehead atoms. The highest BCUT2D eigenvalue weighted by Crippen LogP contribution is 2.65. The third-order valence-corrected chi connectivity index (χ3v) is 11.5. The zero-order valence-electron chi connectivity index (χ0n) is 26.3. The molecule has 0 aromatic carbocycles. The highest BCUT2D eigenvalue weighted by molar-refractivity contribution is 5.94. The summed E-state index contributed by atoms with van der Waals surface area (Å²) in [5, 5.41) is 18.9. The number of urea groups is 1. The van der Waals surface area contributed by atoms with Crippen LogP contribution in [-0.2, 0) is 19.1 Å². The maximum absolute atomic E-state index is 14.2. The van der Waals surface area contributed by atoms with E-state index in [9.17, 15) is 24.4 Å². The number of amides is 5.